The van der Waals surface area contributed by atoms with Crippen LogP contribution in [0.3, 0.4) is 0 Å². The van der Waals surface area contributed by atoms with E-state index in [1.807, 2.05) is 36.4 Å². The summed E-state index contributed by atoms with van der Waals surface area (Å²) in [5.41, 5.74) is 0.265. The predicted molar refractivity (Wildman–Crippen MR) is 98.0 cm³/mol. The Kier molecular flexibility index (Phi) is 4.15. The van der Waals surface area contributed by atoms with Crippen LogP contribution in [0.4, 0.5) is 0 Å². The minimum atomic E-state index is -0.429. The van der Waals surface area contributed by atoms with Crippen LogP contribution in [-0.2, 0) is 11.3 Å². The standard InChI is InChI=1S/C20H15N3O3/c24-19(26-16-10-9-14-5-1-2-6-15(14)13-16)11-12-23-20(25)17-7-3-4-8-18(17)21-22-23/h1-10,13H,11-12H2. The number of carbonyl (C=O) groups is 1. The Labute approximate surface area is 148 Å². The van der Waals surface area contributed by atoms with Crippen LogP contribution < -0.4 is 10.3 Å². The van der Waals surface area contributed by atoms with E-state index in [2.05, 4.69) is 10.3 Å². The fraction of sp³-hybridized carbons (Fsp3) is 0.100. The fourth-order valence-corrected chi connectivity index (χ4v) is 2.78. The number of hydrogen-bond acceptors (Lipinski definition) is 5. The van der Waals surface area contributed by atoms with Crippen LogP contribution in [-0.4, -0.2) is 21.0 Å². The molecule has 1 heterocycles. The van der Waals surface area contributed by atoms with Crippen molar-refractivity contribution in [2.24, 2.45) is 0 Å². The molecule has 0 aliphatic carbocycles. The summed E-state index contributed by atoms with van der Waals surface area (Å²) in [5.74, 6) is 0.0489. The lowest BCUT2D eigenvalue weighted by atomic mass is 10.1. The van der Waals surface area contributed by atoms with Crippen LogP contribution in [0.15, 0.2) is 71.5 Å². The number of fused-ring (bicyclic) bond motifs is 2. The second-order valence-electron chi connectivity index (χ2n) is 5.87. The average Bonchev–Trinajstić information content (AvgIpc) is 2.67. The molecule has 0 fully saturated rings. The lowest BCUT2D eigenvalue weighted by molar-refractivity contribution is -0.134. The maximum Gasteiger partial charge on any atom is 0.313 e. The van der Waals surface area contributed by atoms with Crippen LogP contribution in [0.1, 0.15) is 6.42 Å². The van der Waals surface area contributed by atoms with Gasteiger partial charge in [-0.3, -0.25) is 9.59 Å². The number of esters is 1. The van der Waals surface area contributed by atoms with E-state index in [0.29, 0.717) is 16.7 Å². The zero-order chi connectivity index (χ0) is 17.9. The maximum atomic E-state index is 12.4. The van der Waals surface area contributed by atoms with Crippen molar-refractivity contribution >= 4 is 27.6 Å². The highest BCUT2D eigenvalue weighted by molar-refractivity contribution is 5.84. The molecule has 0 atom stereocenters. The molecule has 0 aliphatic heterocycles. The van der Waals surface area contributed by atoms with Crippen molar-refractivity contribution < 1.29 is 9.53 Å². The first-order valence-corrected chi connectivity index (χ1v) is 8.23. The van der Waals surface area contributed by atoms with E-state index < -0.39 is 5.97 Å². The fourth-order valence-electron chi connectivity index (χ4n) is 2.78. The van der Waals surface area contributed by atoms with Gasteiger partial charge < -0.3 is 4.74 Å². The molecular formula is C20H15N3O3. The van der Waals surface area contributed by atoms with E-state index in [9.17, 15) is 9.59 Å². The van der Waals surface area contributed by atoms with Gasteiger partial charge in [-0.1, -0.05) is 47.7 Å². The molecule has 128 valence electrons. The topological polar surface area (TPSA) is 74.1 Å². The Morgan fingerprint density at radius 1 is 0.962 bits per heavy atom. The highest BCUT2D eigenvalue weighted by atomic mass is 16.5. The lowest BCUT2D eigenvalue weighted by Crippen LogP contribution is -2.26. The van der Waals surface area contributed by atoms with Crippen molar-refractivity contribution in [3.8, 4) is 5.75 Å². The smallest absolute Gasteiger partial charge is 0.313 e. The average molecular weight is 345 g/mol. The third kappa shape index (κ3) is 3.17. The minimum Gasteiger partial charge on any atom is -0.426 e. The summed E-state index contributed by atoms with van der Waals surface area (Å²) >= 11 is 0. The highest BCUT2D eigenvalue weighted by Crippen LogP contribution is 2.20. The van der Waals surface area contributed by atoms with Crippen LogP contribution >= 0.6 is 0 Å². The quantitative estimate of drug-likeness (QED) is 0.420. The van der Waals surface area contributed by atoms with Crippen molar-refractivity contribution in [3.05, 3.63) is 77.1 Å². The lowest BCUT2D eigenvalue weighted by Gasteiger charge is -2.07. The molecule has 0 spiro atoms. The van der Waals surface area contributed by atoms with Gasteiger partial charge in [0.25, 0.3) is 5.56 Å². The number of nitrogens with zero attached hydrogens (tertiary/aromatic N) is 3. The van der Waals surface area contributed by atoms with Gasteiger partial charge >= 0.3 is 5.97 Å². The number of aromatic nitrogens is 3. The Morgan fingerprint density at radius 3 is 2.62 bits per heavy atom. The normalized spacial score (nSPS) is 10.9. The summed E-state index contributed by atoms with van der Waals surface area (Å²) < 4.78 is 6.55. The van der Waals surface area contributed by atoms with E-state index in [0.717, 1.165) is 10.8 Å². The summed E-state index contributed by atoms with van der Waals surface area (Å²) in [6.07, 6.45) is 0.0275. The minimum absolute atomic E-state index is 0.0275. The molecule has 6 nitrogen and oxygen atoms in total. The van der Waals surface area contributed by atoms with Crippen molar-refractivity contribution in [1.29, 1.82) is 0 Å². The monoisotopic (exact) mass is 345 g/mol. The molecule has 4 rings (SSSR count). The summed E-state index contributed by atoms with van der Waals surface area (Å²) in [7, 11) is 0. The second kappa shape index (κ2) is 6.76. The largest absolute Gasteiger partial charge is 0.426 e. The first-order valence-electron chi connectivity index (χ1n) is 8.23. The van der Waals surface area contributed by atoms with Crippen LogP contribution in [0.2, 0.25) is 0 Å². The molecule has 0 bridgehead atoms. The Morgan fingerprint density at radius 2 is 1.73 bits per heavy atom. The second-order valence-corrected chi connectivity index (χ2v) is 5.87. The van der Waals surface area contributed by atoms with Gasteiger partial charge in [0, 0.05) is 0 Å². The highest BCUT2D eigenvalue weighted by Gasteiger charge is 2.09. The zero-order valence-corrected chi connectivity index (χ0v) is 13.8. The molecular weight excluding hydrogens is 330 g/mol. The first-order chi connectivity index (χ1) is 12.7. The van der Waals surface area contributed by atoms with Gasteiger partial charge in [-0.05, 0) is 35.0 Å². The van der Waals surface area contributed by atoms with Gasteiger partial charge in [-0.15, -0.1) is 5.10 Å². The van der Waals surface area contributed by atoms with Gasteiger partial charge in [-0.2, -0.15) is 0 Å². The van der Waals surface area contributed by atoms with Crippen molar-refractivity contribution in [1.82, 2.24) is 15.0 Å². The van der Waals surface area contributed by atoms with Gasteiger partial charge in [0.05, 0.1) is 18.4 Å². The molecule has 4 aromatic rings. The molecule has 0 aliphatic rings. The first kappa shape index (κ1) is 16.0. The molecule has 0 saturated carbocycles. The number of ether oxygens (including phenoxy) is 1. The molecule has 0 saturated heterocycles. The molecule has 0 radical (unpaired) electrons. The van der Waals surface area contributed by atoms with Gasteiger partial charge in [0.2, 0.25) is 0 Å². The zero-order valence-electron chi connectivity index (χ0n) is 13.8. The predicted octanol–water partition coefficient (Wildman–Crippen LogP) is 2.94. The van der Waals surface area contributed by atoms with Gasteiger partial charge in [-0.25, -0.2) is 4.68 Å². The van der Waals surface area contributed by atoms with E-state index in [1.165, 1.54) is 4.68 Å². The van der Waals surface area contributed by atoms with Crippen LogP contribution in [0.5, 0.6) is 5.75 Å². The third-order valence-corrected chi connectivity index (χ3v) is 4.11. The Bertz CT molecular complexity index is 1170. The third-order valence-electron chi connectivity index (χ3n) is 4.11. The SMILES string of the molecule is O=C(CCn1nnc2ccccc2c1=O)Oc1ccc2ccccc2c1. The van der Waals surface area contributed by atoms with Crippen molar-refractivity contribution in [3.63, 3.8) is 0 Å². The molecule has 6 heteroatoms. The van der Waals surface area contributed by atoms with E-state index in [-0.39, 0.29) is 18.5 Å². The van der Waals surface area contributed by atoms with E-state index in [4.69, 9.17) is 4.74 Å². The number of carbonyl (C=O) groups excluding carboxylic acids is 1. The van der Waals surface area contributed by atoms with Crippen molar-refractivity contribution in [2.75, 3.05) is 0 Å². The number of rotatable bonds is 4. The summed E-state index contributed by atoms with van der Waals surface area (Å²) in [6, 6.07) is 20.3. The summed E-state index contributed by atoms with van der Waals surface area (Å²) in [4.78, 5) is 24.5. The summed E-state index contributed by atoms with van der Waals surface area (Å²) in [6.45, 7) is 0.114. The van der Waals surface area contributed by atoms with Crippen LogP contribution in [0, 0.1) is 0 Å². The van der Waals surface area contributed by atoms with Gasteiger partial charge in [0.15, 0.2) is 0 Å². The number of hydrogen-bond donors (Lipinski definition) is 0. The maximum absolute atomic E-state index is 12.4. The van der Waals surface area contributed by atoms with Gasteiger partial charge in [0.1, 0.15) is 11.3 Å². The summed E-state index contributed by atoms with van der Waals surface area (Å²) in [5, 5.41) is 10.4. The molecule has 26 heavy (non-hydrogen) atoms. The van der Waals surface area contributed by atoms with E-state index in [1.54, 1.807) is 30.3 Å². The molecule has 0 N–H and O–H groups in total. The van der Waals surface area contributed by atoms with Crippen molar-refractivity contribution in [2.45, 2.75) is 13.0 Å². The molecule has 0 amide bonds. The number of benzene rings is 3. The molecule has 0 unspecified atom stereocenters. The Balaban J connectivity index is 1.46. The van der Waals surface area contributed by atoms with Crippen LogP contribution in [0.25, 0.3) is 21.7 Å². The molecule has 1 aromatic heterocycles. The van der Waals surface area contributed by atoms with E-state index >= 15 is 0 Å². The Hall–Kier alpha value is -3.54. The molecule has 3 aromatic carbocycles. The number of aryl methyl sites for hydroxylation is 1.